The fourth-order valence-electron chi connectivity index (χ4n) is 3.31. The molecule has 1 aliphatic carbocycles. The van der Waals surface area contributed by atoms with Crippen LogP contribution in [0.25, 0.3) is 11.0 Å². The Bertz CT molecular complexity index is 606. The molecule has 1 aromatic carbocycles. The summed E-state index contributed by atoms with van der Waals surface area (Å²) in [7, 11) is 0. The van der Waals surface area contributed by atoms with Gasteiger partial charge in [0.25, 0.3) is 0 Å². The van der Waals surface area contributed by atoms with Gasteiger partial charge in [0.05, 0.1) is 16.7 Å². The maximum atomic E-state index is 4.58. The Hall–Kier alpha value is -1.48. The van der Waals surface area contributed by atoms with Crippen molar-refractivity contribution in [1.29, 1.82) is 0 Å². The molecule has 2 bridgehead atoms. The molecule has 1 N–H and O–H groups in total. The first-order chi connectivity index (χ1) is 8.31. The van der Waals surface area contributed by atoms with E-state index in [0.717, 1.165) is 29.8 Å². The Morgan fingerprint density at radius 1 is 1.12 bits per heavy atom. The molecule has 0 spiro atoms. The van der Waals surface area contributed by atoms with E-state index in [1.807, 2.05) is 13.1 Å². The van der Waals surface area contributed by atoms with Crippen molar-refractivity contribution in [3.05, 3.63) is 35.2 Å². The predicted molar refractivity (Wildman–Crippen MR) is 67.2 cm³/mol. The fraction of sp³-hybridized carbons (Fsp3) is 0.429. The summed E-state index contributed by atoms with van der Waals surface area (Å²) in [6.45, 7) is 4.24. The van der Waals surface area contributed by atoms with E-state index < -0.39 is 0 Å². The average Bonchev–Trinajstić information content (AvgIpc) is 2.59. The van der Waals surface area contributed by atoms with Gasteiger partial charge in [0.2, 0.25) is 0 Å². The van der Waals surface area contributed by atoms with Crippen LogP contribution in [0.4, 0.5) is 0 Å². The fourth-order valence-corrected chi connectivity index (χ4v) is 3.31. The van der Waals surface area contributed by atoms with Gasteiger partial charge >= 0.3 is 0 Å². The van der Waals surface area contributed by atoms with E-state index in [1.165, 1.54) is 17.5 Å². The first-order valence-electron chi connectivity index (χ1n) is 6.29. The van der Waals surface area contributed by atoms with Crippen molar-refractivity contribution in [3.8, 4) is 0 Å². The summed E-state index contributed by atoms with van der Waals surface area (Å²) in [4.78, 5) is 9.07. The van der Waals surface area contributed by atoms with Gasteiger partial charge in [0.1, 0.15) is 0 Å². The lowest BCUT2D eigenvalue weighted by Gasteiger charge is -2.19. The summed E-state index contributed by atoms with van der Waals surface area (Å²) in [5.41, 5.74) is 6.10. The van der Waals surface area contributed by atoms with Gasteiger partial charge in [0.15, 0.2) is 0 Å². The van der Waals surface area contributed by atoms with E-state index in [-0.39, 0.29) is 0 Å². The zero-order valence-electron chi connectivity index (χ0n) is 9.90. The second kappa shape index (κ2) is 3.26. The maximum Gasteiger partial charge on any atom is 0.0893 e. The average molecular weight is 225 g/mol. The largest absolute Gasteiger partial charge is 0.316 e. The Balaban J connectivity index is 1.99. The van der Waals surface area contributed by atoms with Crippen molar-refractivity contribution in [2.75, 3.05) is 13.1 Å². The second-order valence-electron chi connectivity index (χ2n) is 5.27. The number of benzene rings is 1. The molecule has 2 atom stereocenters. The van der Waals surface area contributed by atoms with E-state index >= 15 is 0 Å². The number of fused-ring (bicyclic) bond motifs is 6. The Kier molecular flexibility index (Phi) is 1.83. The van der Waals surface area contributed by atoms with Crippen molar-refractivity contribution in [2.45, 2.75) is 25.2 Å². The summed E-state index contributed by atoms with van der Waals surface area (Å²) in [5, 5.41) is 3.52. The van der Waals surface area contributed by atoms with Crippen LogP contribution in [0, 0.1) is 6.92 Å². The summed E-state index contributed by atoms with van der Waals surface area (Å²) >= 11 is 0. The lowest BCUT2D eigenvalue weighted by molar-refractivity contribution is 0.454. The third-order valence-corrected chi connectivity index (χ3v) is 4.10. The first kappa shape index (κ1) is 9.54. The van der Waals surface area contributed by atoms with E-state index in [1.54, 1.807) is 0 Å². The molecule has 86 valence electrons. The smallest absolute Gasteiger partial charge is 0.0893 e. The number of hydrogen-bond acceptors (Lipinski definition) is 3. The van der Waals surface area contributed by atoms with Crippen molar-refractivity contribution in [2.24, 2.45) is 0 Å². The van der Waals surface area contributed by atoms with Gasteiger partial charge in [-0.2, -0.15) is 0 Å². The normalized spacial score (nSPS) is 26.2. The number of aromatic nitrogens is 2. The monoisotopic (exact) mass is 225 g/mol. The zero-order chi connectivity index (χ0) is 11.4. The van der Waals surface area contributed by atoms with Crippen LogP contribution in [0.5, 0.6) is 0 Å². The van der Waals surface area contributed by atoms with Crippen LogP contribution in [-0.2, 0) is 0 Å². The van der Waals surface area contributed by atoms with Crippen LogP contribution in [0.15, 0.2) is 18.3 Å². The van der Waals surface area contributed by atoms with Crippen molar-refractivity contribution in [3.63, 3.8) is 0 Å². The molecule has 1 aliphatic heterocycles. The molecule has 3 heteroatoms. The van der Waals surface area contributed by atoms with Gasteiger partial charge in [-0.1, -0.05) is 0 Å². The minimum Gasteiger partial charge on any atom is -0.316 e. The van der Waals surface area contributed by atoms with Crippen LogP contribution in [0.1, 0.15) is 35.1 Å². The Morgan fingerprint density at radius 3 is 2.59 bits per heavy atom. The molecular weight excluding hydrogens is 210 g/mol. The van der Waals surface area contributed by atoms with Gasteiger partial charge in [-0.25, -0.2) is 4.98 Å². The van der Waals surface area contributed by atoms with Crippen LogP contribution >= 0.6 is 0 Å². The van der Waals surface area contributed by atoms with Crippen LogP contribution in [0.3, 0.4) is 0 Å². The van der Waals surface area contributed by atoms with E-state index in [0.29, 0.717) is 11.8 Å². The van der Waals surface area contributed by atoms with Gasteiger partial charge in [-0.05, 0) is 48.4 Å². The third kappa shape index (κ3) is 1.32. The molecule has 2 heterocycles. The predicted octanol–water partition coefficient (Wildman–Crippen LogP) is 2.11. The highest BCUT2D eigenvalue weighted by Gasteiger charge is 2.34. The maximum absolute atomic E-state index is 4.58. The number of nitrogens with zero attached hydrogens (tertiary/aromatic N) is 2. The van der Waals surface area contributed by atoms with Crippen molar-refractivity contribution in [1.82, 2.24) is 15.3 Å². The molecule has 1 saturated heterocycles. The molecule has 0 saturated carbocycles. The van der Waals surface area contributed by atoms with Gasteiger partial charge in [-0.3, -0.25) is 4.98 Å². The summed E-state index contributed by atoms with van der Waals surface area (Å²) in [6, 6.07) is 4.52. The minimum atomic E-state index is 0.690. The Labute approximate surface area is 100 Å². The lowest BCUT2D eigenvalue weighted by atomic mass is 9.98. The molecule has 1 aromatic heterocycles. The third-order valence-electron chi connectivity index (χ3n) is 4.10. The quantitative estimate of drug-likeness (QED) is 0.746. The van der Waals surface area contributed by atoms with E-state index in [2.05, 4.69) is 27.4 Å². The molecule has 4 rings (SSSR count). The lowest BCUT2D eigenvalue weighted by Crippen LogP contribution is -2.28. The van der Waals surface area contributed by atoms with E-state index in [9.17, 15) is 0 Å². The zero-order valence-corrected chi connectivity index (χ0v) is 9.90. The molecule has 2 aromatic rings. The second-order valence-corrected chi connectivity index (χ2v) is 5.27. The highest BCUT2D eigenvalue weighted by Crippen LogP contribution is 2.44. The number of nitrogens with one attached hydrogen (secondary N) is 1. The molecule has 0 unspecified atom stereocenters. The molecule has 17 heavy (non-hydrogen) atoms. The first-order valence-corrected chi connectivity index (χ1v) is 6.29. The Morgan fingerprint density at radius 2 is 1.82 bits per heavy atom. The van der Waals surface area contributed by atoms with Gasteiger partial charge < -0.3 is 5.32 Å². The minimum absolute atomic E-state index is 0.690. The van der Waals surface area contributed by atoms with Crippen molar-refractivity contribution < 1.29 is 0 Å². The number of rotatable bonds is 0. The number of aryl methyl sites for hydroxylation is 1. The highest BCUT2D eigenvalue weighted by atomic mass is 14.9. The van der Waals surface area contributed by atoms with Crippen LogP contribution < -0.4 is 5.32 Å². The summed E-state index contributed by atoms with van der Waals surface area (Å²) in [5.74, 6) is 1.38. The van der Waals surface area contributed by atoms with Crippen LogP contribution in [0.2, 0.25) is 0 Å². The molecule has 2 aliphatic rings. The molecule has 0 radical (unpaired) electrons. The standard InChI is InChI=1S/C14H15N3/c1-8-5-16-13-3-11-9-2-10(7-15-6-9)12(11)4-14(13)17-8/h3-5,9-10,15H,2,6-7H2,1H3/t9-,10-/m1/s1. The number of hydrogen-bond donors (Lipinski definition) is 1. The topological polar surface area (TPSA) is 37.8 Å². The number of piperidine rings is 1. The van der Waals surface area contributed by atoms with Crippen LogP contribution in [-0.4, -0.2) is 23.1 Å². The summed E-state index contributed by atoms with van der Waals surface area (Å²) < 4.78 is 0. The summed E-state index contributed by atoms with van der Waals surface area (Å²) in [6.07, 6.45) is 3.16. The van der Waals surface area contributed by atoms with Crippen molar-refractivity contribution >= 4 is 11.0 Å². The molecule has 1 fully saturated rings. The molecular formula is C14H15N3. The SMILES string of the molecule is Cc1cnc2cc3c(cc2n1)[C@H]1CNC[C@H]3C1. The van der Waals surface area contributed by atoms with Gasteiger partial charge in [0, 0.05) is 19.3 Å². The van der Waals surface area contributed by atoms with Gasteiger partial charge in [-0.15, -0.1) is 0 Å². The highest BCUT2D eigenvalue weighted by molar-refractivity contribution is 5.77. The molecule has 0 amide bonds. The molecule has 3 nitrogen and oxygen atoms in total. The van der Waals surface area contributed by atoms with E-state index in [4.69, 9.17) is 0 Å².